The number of nitriles is 1. The molecule has 0 spiro atoms. The molecule has 2 aromatic carbocycles. The van der Waals surface area contributed by atoms with Crippen molar-refractivity contribution in [3.63, 3.8) is 0 Å². The second kappa shape index (κ2) is 8.37. The topological polar surface area (TPSA) is 78.9 Å². The molecular weight excluding hydrogens is 456 g/mol. The molecule has 0 aliphatic carbocycles. The zero-order valence-corrected chi connectivity index (χ0v) is 19.1. The standard InChI is InChI=1S/C20H13F4N3O2.Zn/c1-8-5-4-6-9(2)12(8)19(28)13-10(3)26-27(20(13)29)18-16(23)14(21)11(7-25)15(22)17(18)24;/h4-6,29H,1-3H3;. The van der Waals surface area contributed by atoms with Gasteiger partial charge in [-0.2, -0.15) is 15.0 Å². The van der Waals surface area contributed by atoms with Crippen LogP contribution in [0.15, 0.2) is 18.2 Å². The Balaban J connectivity index is 0.00000320. The fourth-order valence-electron chi connectivity index (χ4n) is 3.14. The van der Waals surface area contributed by atoms with Crippen molar-refractivity contribution in [1.29, 1.82) is 5.26 Å². The first-order valence-corrected chi connectivity index (χ1v) is 8.27. The molecule has 5 nitrogen and oxygen atoms in total. The fourth-order valence-corrected chi connectivity index (χ4v) is 3.14. The Morgan fingerprint density at radius 3 is 1.97 bits per heavy atom. The number of carbonyl (C=O) groups excluding carboxylic acids is 1. The molecule has 0 atom stereocenters. The number of ketones is 1. The summed E-state index contributed by atoms with van der Waals surface area (Å²) in [6.07, 6.45) is 0. The Morgan fingerprint density at radius 2 is 1.50 bits per heavy atom. The summed E-state index contributed by atoms with van der Waals surface area (Å²) < 4.78 is 56.8. The Labute approximate surface area is 181 Å². The molecule has 0 aliphatic rings. The Kier molecular flexibility index (Phi) is 6.48. The smallest absolute Gasteiger partial charge is 0.226 e. The molecule has 0 aliphatic heterocycles. The van der Waals surface area contributed by atoms with E-state index in [9.17, 15) is 27.5 Å². The van der Waals surface area contributed by atoms with Crippen LogP contribution >= 0.6 is 0 Å². The Morgan fingerprint density at radius 1 is 1.00 bits per heavy atom. The van der Waals surface area contributed by atoms with Crippen LogP contribution in [-0.4, -0.2) is 20.7 Å². The van der Waals surface area contributed by atoms with Crippen LogP contribution in [0.5, 0.6) is 5.88 Å². The summed E-state index contributed by atoms with van der Waals surface area (Å²) in [5.41, 5.74) is -1.86. The van der Waals surface area contributed by atoms with Gasteiger partial charge >= 0.3 is 0 Å². The van der Waals surface area contributed by atoms with Crippen LogP contribution in [0.2, 0.25) is 0 Å². The van der Waals surface area contributed by atoms with Crippen molar-refractivity contribution in [2.24, 2.45) is 0 Å². The molecule has 0 radical (unpaired) electrons. The maximum atomic E-state index is 14.4. The first-order chi connectivity index (χ1) is 13.6. The zero-order valence-electron chi connectivity index (χ0n) is 16.1. The van der Waals surface area contributed by atoms with Crippen LogP contribution < -0.4 is 0 Å². The van der Waals surface area contributed by atoms with Crippen LogP contribution in [0.1, 0.15) is 38.3 Å². The summed E-state index contributed by atoms with van der Waals surface area (Å²) in [5, 5.41) is 22.8. The maximum Gasteiger partial charge on any atom is 0.226 e. The number of aromatic nitrogens is 2. The van der Waals surface area contributed by atoms with Crippen molar-refractivity contribution in [2.75, 3.05) is 0 Å². The number of rotatable bonds is 3. The summed E-state index contributed by atoms with van der Waals surface area (Å²) in [5.74, 6) is -9.38. The Bertz CT molecular complexity index is 1180. The van der Waals surface area contributed by atoms with E-state index >= 15 is 0 Å². The molecule has 10 heteroatoms. The molecule has 0 fully saturated rings. The third-order valence-electron chi connectivity index (χ3n) is 4.54. The molecule has 3 rings (SSSR count). The van der Waals surface area contributed by atoms with Crippen LogP contribution in [0.4, 0.5) is 17.6 Å². The molecule has 0 amide bonds. The monoisotopic (exact) mass is 467 g/mol. The van der Waals surface area contributed by atoms with E-state index in [1.54, 1.807) is 32.0 Å². The normalized spacial score (nSPS) is 10.5. The number of hydrogen-bond acceptors (Lipinski definition) is 4. The third-order valence-corrected chi connectivity index (χ3v) is 4.54. The van der Waals surface area contributed by atoms with Gasteiger partial charge in [0.1, 0.15) is 22.9 Å². The molecule has 150 valence electrons. The van der Waals surface area contributed by atoms with Gasteiger partial charge in [0.2, 0.25) is 11.7 Å². The van der Waals surface area contributed by atoms with E-state index in [1.165, 1.54) is 6.92 Å². The summed E-state index contributed by atoms with van der Waals surface area (Å²) >= 11 is 0. The molecule has 3 aromatic rings. The molecule has 0 saturated carbocycles. The molecule has 0 saturated heterocycles. The van der Waals surface area contributed by atoms with Gasteiger partial charge in [-0.15, -0.1) is 0 Å². The quantitative estimate of drug-likeness (QED) is 0.271. The van der Waals surface area contributed by atoms with E-state index in [-0.39, 0.29) is 41.0 Å². The number of halogens is 4. The van der Waals surface area contributed by atoms with Gasteiger partial charge < -0.3 is 5.11 Å². The van der Waals surface area contributed by atoms with Gasteiger partial charge in [0.25, 0.3) is 0 Å². The number of aryl methyl sites for hydroxylation is 3. The summed E-state index contributed by atoms with van der Waals surface area (Å²) in [6, 6.07) is 6.09. The largest absolute Gasteiger partial charge is 0.493 e. The van der Waals surface area contributed by atoms with Crippen LogP contribution in [-0.2, 0) is 19.5 Å². The fraction of sp³-hybridized carbons (Fsp3) is 0.150. The second-order valence-corrected chi connectivity index (χ2v) is 6.38. The summed E-state index contributed by atoms with van der Waals surface area (Å²) in [4.78, 5) is 13.0. The molecule has 1 aromatic heterocycles. The van der Waals surface area contributed by atoms with Gasteiger partial charge in [0.15, 0.2) is 23.3 Å². The van der Waals surface area contributed by atoms with Crippen LogP contribution in [0, 0.1) is 55.4 Å². The van der Waals surface area contributed by atoms with E-state index in [1.807, 2.05) is 0 Å². The average molecular weight is 469 g/mol. The molecule has 0 unspecified atom stereocenters. The minimum Gasteiger partial charge on any atom is -0.493 e. The number of hydrogen-bond donors (Lipinski definition) is 1. The number of benzene rings is 2. The minimum absolute atomic E-state index is 0. The molecule has 0 bridgehead atoms. The van der Waals surface area contributed by atoms with E-state index in [0.29, 0.717) is 11.1 Å². The first kappa shape index (κ1) is 23.2. The van der Waals surface area contributed by atoms with Gasteiger partial charge in [0, 0.05) is 25.0 Å². The molecule has 1 heterocycles. The summed E-state index contributed by atoms with van der Waals surface area (Å²) in [7, 11) is 0. The maximum absolute atomic E-state index is 14.4. The zero-order chi connectivity index (χ0) is 21.6. The molecule has 1 N–H and O–H groups in total. The van der Waals surface area contributed by atoms with E-state index < -0.39 is 46.2 Å². The van der Waals surface area contributed by atoms with E-state index in [4.69, 9.17) is 5.26 Å². The second-order valence-electron chi connectivity index (χ2n) is 6.38. The number of aromatic hydroxyl groups is 1. The number of nitrogens with zero attached hydrogens (tertiary/aromatic N) is 3. The molecule has 30 heavy (non-hydrogen) atoms. The van der Waals surface area contributed by atoms with E-state index in [2.05, 4.69) is 5.10 Å². The Hall–Kier alpha value is -3.05. The van der Waals surface area contributed by atoms with Gasteiger partial charge in [-0.25, -0.2) is 17.6 Å². The van der Waals surface area contributed by atoms with Gasteiger partial charge in [-0.3, -0.25) is 4.79 Å². The predicted octanol–water partition coefficient (Wildman–Crippen LogP) is 4.16. The van der Waals surface area contributed by atoms with Crippen molar-refractivity contribution in [1.82, 2.24) is 9.78 Å². The summed E-state index contributed by atoms with van der Waals surface area (Å²) in [6.45, 7) is 4.63. The van der Waals surface area contributed by atoms with Crippen LogP contribution in [0.25, 0.3) is 5.69 Å². The SMILES string of the molecule is Cc1cccc(C)c1C(=O)c1c(C)nn(-c2c(F)c(F)c(C#N)c(F)c2F)c1O.[Zn]. The van der Waals surface area contributed by atoms with Gasteiger partial charge in [-0.05, 0) is 31.9 Å². The molecular formula is C20H13F4N3O2Zn. The van der Waals surface area contributed by atoms with Crippen molar-refractivity contribution < 1.29 is 46.9 Å². The van der Waals surface area contributed by atoms with Crippen molar-refractivity contribution in [2.45, 2.75) is 20.8 Å². The van der Waals surface area contributed by atoms with Crippen molar-refractivity contribution in [3.05, 3.63) is 75.0 Å². The minimum atomic E-state index is -1.93. The van der Waals surface area contributed by atoms with Crippen molar-refractivity contribution in [3.8, 4) is 17.6 Å². The van der Waals surface area contributed by atoms with Gasteiger partial charge in [0.05, 0.1) is 5.69 Å². The van der Waals surface area contributed by atoms with Gasteiger partial charge in [-0.1, -0.05) is 18.2 Å². The number of carbonyl (C=O) groups is 1. The van der Waals surface area contributed by atoms with E-state index in [0.717, 1.165) is 6.07 Å². The van der Waals surface area contributed by atoms with Crippen LogP contribution in [0.3, 0.4) is 0 Å². The van der Waals surface area contributed by atoms with Crippen molar-refractivity contribution >= 4 is 5.78 Å². The average Bonchev–Trinajstić information content (AvgIpc) is 2.94. The third kappa shape index (κ3) is 3.39. The first-order valence-electron chi connectivity index (χ1n) is 8.27. The predicted molar refractivity (Wildman–Crippen MR) is 93.9 cm³/mol.